The smallest absolute Gasteiger partial charge is 0.228 e. The number of aryl methyl sites for hydroxylation is 1. The molecule has 4 rings (SSSR count). The molecule has 2 saturated heterocycles. The Balaban J connectivity index is 1.40. The van der Waals surface area contributed by atoms with Crippen LogP contribution < -0.4 is 0 Å². The van der Waals surface area contributed by atoms with Crippen molar-refractivity contribution in [1.82, 2.24) is 19.9 Å². The Kier molecular flexibility index (Phi) is 4.02. The van der Waals surface area contributed by atoms with Crippen molar-refractivity contribution in [2.75, 3.05) is 19.6 Å². The lowest BCUT2D eigenvalue weighted by molar-refractivity contribution is -0.137. The maximum atomic E-state index is 12.9. The van der Waals surface area contributed by atoms with Crippen molar-refractivity contribution in [1.29, 1.82) is 0 Å². The molecule has 0 aromatic carbocycles. The van der Waals surface area contributed by atoms with Gasteiger partial charge in [-0.25, -0.2) is 0 Å². The lowest BCUT2D eigenvalue weighted by atomic mass is 9.95. The van der Waals surface area contributed by atoms with E-state index in [1.54, 1.807) is 0 Å². The molecule has 2 aliphatic heterocycles. The minimum Gasteiger partial charge on any atom is -0.342 e. The molecule has 1 aliphatic carbocycles. The molecule has 7 heteroatoms. The minimum absolute atomic E-state index is 0.121. The van der Waals surface area contributed by atoms with E-state index in [1.807, 2.05) is 16.7 Å². The number of likely N-dealkylation sites (tertiary alicyclic amines) is 2. The van der Waals surface area contributed by atoms with Gasteiger partial charge in [-0.15, -0.1) is 0 Å². The minimum atomic E-state index is -0.173. The van der Waals surface area contributed by atoms with Crippen LogP contribution in [0.1, 0.15) is 56.7 Å². The van der Waals surface area contributed by atoms with E-state index in [1.165, 1.54) is 0 Å². The average molecular weight is 332 g/mol. The van der Waals surface area contributed by atoms with E-state index in [2.05, 4.69) is 10.1 Å². The molecule has 3 heterocycles. The Bertz CT molecular complexity index is 640. The van der Waals surface area contributed by atoms with E-state index in [-0.39, 0.29) is 23.7 Å². The van der Waals surface area contributed by atoms with Crippen LogP contribution in [0.2, 0.25) is 0 Å². The fraction of sp³-hybridized carbons (Fsp3) is 0.765. The topological polar surface area (TPSA) is 79.5 Å². The maximum absolute atomic E-state index is 12.9. The van der Waals surface area contributed by atoms with E-state index >= 15 is 0 Å². The van der Waals surface area contributed by atoms with Gasteiger partial charge in [-0.2, -0.15) is 4.98 Å². The molecule has 2 amide bonds. The zero-order valence-electron chi connectivity index (χ0n) is 14.1. The van der Waals surface area contributed by atoms with Crippen molar-refractivity contribution < 1.29 is 14.1 Å². The molecular weight excluding hydrogens is 308 g/mol. The zero-order valence-corrected chi connectivity index (χ0v) is 14.1. The summed E-state index contributed by atoms with van der Waals surface area (Å²) in [5, 5.41) is 4.07. The highest BCUT2D eigenvalue weighted by Crippen LogP contribution is 2.34. The highest BCUT2D eigenvalue weighted by molar-refractivity contribution is 5.89. The molecule has 1 saturated carbocycles. The average Bonchev–Trinajstić information content (AvgIpc) is 3.19. The third-order valence-electron chi connectivity index (χ3n) is 5.38. The van der Waals surface area contributed by atoms with Gasteiger partial charge in [0.2, 0.25) is 17.7 Å². The van der Waals surface area contributed by atoms with Crippen LogP contribution in [0.15, 0.2) is 4.52 Å². The Morgan fingerprint density at radius 3 is 2.83 bits per heavy atom. The summed E-state index contributed by atoms with van der Waals surface area (Å²) in [6.07, 6.45) is 5.21. The number of nitrogens with zero attached hydrogens (tertiary/aromatic N) is 4. The number of amides is 2. The van der Waals surface area contributed by atoms with Gasteiger partial charge in [0, 0.05) is 44.4 Å². The van der Waals surface area contributed by atoms with Gasteiger partial charge < -0.3 is 14.3 Å². The van der Waals surface area contributed by atoms with Crippen LogP contribution in [0.5, 0.6) is 0 Å². The Labute approximate surface area is 141 Å². The van der Waals surface area contributed by atoms with Crippen molar-refractivity contribution in [2.24, 2.45) is 5.92 Å². The van der Waals surface area contributed by atoms with Crippen LogP contribution in [0.3, 0.4) is 0 Å². The molecule has 0 unspecified atom stereocenters. The standard InChI is InChI=1S/C17H24N4O3/c1-2-14-18-16(19-24-14)11-4-3-7-20(9-11)17(23)12-8-15(22)21(10-12)13-5-6-13/h11-13H,2-10H2,1H3/t11-,12+/m0/s1. The van der Waals surface area contributed by atoms with E-state index in [0.717, 1.165) is 38.6 Å². The highest BCUT2D eigenvalue weighted by Gasteiger charge is 2.43. The first kappa shape index (κ1) is 15.6. The molecule has 130 valence electrons. The SMILES string of the molecule is CCc1nc([C@H]2CCCN(C(=O)[C@@H]3CC(=O)N(C4CC4)C3)C2)no1. The highest BCUT2D eigenvalue weighted by atomic mass is 16.5. The predicted octanol–water partition coefficient (Wildman–Crippen LogP) is 1.35. The number of carbonyl (C=O) groups is 2. The van der Waals surface area contributed by atoms with Crippen molar-refractivity contribution >= 4 is 11.8 Å². The van der Waals surface area contributed by atoms with Crippen LogP contribution >= 0.6 is 0 Å². The first-order valence-electron chi connectivity index (χ1n) is 9.06. The van der Waals surface area contributed by atoms with Crippen molar-refractivity contribution in [3.8, 4) is 0 Å². The second-order valence-electron chi connectivity index (χ2n) is 7.20. The third-order valence-corrected chi connectivity index (χ3v) is 5.38. The van der Waals surface area contributed by atoms with Crippen LogP contribution in [-0.4, -0.2) is 57.4 Å². The van der Waals surface area contributed by atoms with Crippen LogP contribution in [-0.2, 0) is 16.0 Å². The first-order chi connectivity index (χ1) is 11.7. The third kappa shape index (κ3) is 2.91. The fourth-order valence-corrected chi connectivity index (χ4v) is 3.86. The molecular formula is C17H24N4O3. The maximum Gasteiger partial charge on any atom is 0.228 e. The molecule has 3 fully saturated rings. The number of rotatable bonds is 4. The summed E-state index contributed by atoms with van der Waals surface area (Å²) in [7, 11) is 0. The van der Waals surface area contributed by atoms with Crippen molar-refractivity contribution in [2.45, 2.75) is 57.4 Å². The predicted molar refractivity (Wildman–Crippen MR) is 85.1 cm³/mol. The van der Waals surface area contributed by atoms with Crippen LogP contribution in [0, 0.1) is 5.92 Å². The summed E-state index contributed by atoms with van der Waals surface area (Å²) in [4.78, 5) is 33.2. The molecule has 2 atom stereocenters. The number of aromatic nitrogens is 2. The molecule has 3 aliphatic rings. The monoisotopic (exact) mass is 332 g/mol. The van der Waals surface area contributed by atoms with Crippen LogP contribution in [0.25, 0.3) is 0 Å². The molecule has 0 bridgehead atoms. The second-order valence-corrected chi connectivity index (χ2v) is 7.20. The summed E-state index contributed by atoms with van der Waals surface area (Å²) in [5.41, 5.74) is 0. The van der Waals surface area contributed by atoms with Gasteiger partial charge in [0.25, 0.3) is 0 Å². The van der Waals surface area contributed by atoms with Gasteiger partial charge in [0.1, 0.15) is 0 Å². The lowest BCUT2D eigenvalue weighted by Gasteiger charge is -2.33. The lowest BCUT2D eigenvalue weighted by Crippen LogP contribution is -2.43. The summed E-state index contributed by atoms with van der Waals surface area (Å²) >= 11 is 0. The summed E-state index contributed by atoms with van der Waals surface area (Å²) < 4.78 is 5.21. The van der Waals surface area contributed by atoms with Gasteiger partial charge in [0.05, 0.1) is 5.92 Å². The second kappa shape index (κ2) is 6.18. The van der Waals surface area contributed by atoms with E-state index < -0.39 is 0 Å². The van der Waals surface area contributed by atoms with E-state index in [9.17, 15) is 9.59 Å². The summed E-state index contributed by atoms with van der Waals surface area (Å²) in [6, 6.07) is 0.399. The number of hydrogen-bond acceptors (Lipinski definition) is 5. The summed E-state index contributed by atoms with van der Waals surface area (Å²) in [6.45, 7) is 3.99. The van der Waals surface area contributed by atoms with Crippen molar-refractivity contribution in [3.63, 3.8) is 0 Å². The molecule has 0 radical (unpaired) electrons. The molecule has 1 aromatic heterocycles. The molecule has 0 N–H and O–H groups in total. The van der Waals surface area contributed by atoms with Gasteiger partial charge in [-0.05, 0) is 25.7 Å². The Morgan fingerprint density at radius 1 is 1.29 bits per heavy atom. The van der Waals surface area contributed by atoms with Gasteiger partial charge >= 0.3 is 0 Å². The Morgan fingerprint density at radius 2 is 2.12 bits per heavy atom. The number of carbonyl (C=O) groups excluding carboxylic acids is 2. The molecule has 24 heavy (non-hydrogen) atoms. The largest absolute Gasteiger partial charge is 0.342 e. The summed E-state index contributed by atoms with van der Waals surface area (Å²) in [5.74, 6) is 1.60. The van der Waals surface area contributed by atoms with E-state index in [0.29, 0.717) is 37.3 Å². The normalized spacial score (nSPS) is 27.8. The molecule has 7 nitrogen and oxygen atoms in total. The zero-order chi connectivity index (χ0) is 16.7. The van der Waals surface area contributed by atoms with Gasteiger partial charge in [-0.1, -0.05) is 12.1 Å². The van der Waals surface area contributed by atoms with Crippen LogP contribution in [0.4, 0.5) is 0 Å². The van der Waals surface area contributed by atoms with E-state index in [4.69, 9.17) is 4.52 Å². The quantitative estimate of drug-likeness (QED) is 0.831. The van der Waals surface area contributed by atoms with Crippen molar-refractivity contribution in [3.05, 3.63) is 11.7 Å². The van der Waals surface area contributed by atoms with Gasteiger partial charge in [0.15, 0.2) is 5.82 Å². The molecule has 1 aromatic rings. The Hall–Kier alpha value is -1.92. The first-order valence-corrected chi connectivity index (χ1v) is 9.06. The fourth-order valence-electron chi connectivity index (χ4n) is 3.86. The van der Waals surface area contributed by atoms with Gasteiger partial charge in [-0.3, -0.25) is 9.59 Å². The number of piperidine rings is 1. The number of hydrogen-bond donors (Lipinski definition) is 0. The molecule has 0 spiro atoms.